The molecule has 0 saturated carbocycles. The molecule has 3 aromatic rings. The molecular weight excluding hydrogens is 418 g/mol. The van der Waals surface area contributed by atoms with Gasteiger partial charge in [0.1, 0.15) is 0 Å². The van der Waals surface area contributed by atoms with E-state index in [9.17, 15) is 0 Å². The van der Waals surface area contributed by atoms with Crippen molar-refractivity contribution in [1.29, 1.82) is 0 Å². The van der Waals surface area contributed by atoms with Gasteiger partial charge in [-0.1, -0.05) is 81.4 Å². The van der Waals surface area contributed by atoms with Crippen molar-refractivity contribution in [3.8, 4) is 0 Å². The van der Waals surface area contributed by atoms with E-state index < -0.39 is 0 Å². The van der Waals surface area contributed by atoms with E-state index in [0.29, 0.717) is 0 Å². The number of hydrogen-bond acceptors (Lipinski definition) is 1. The van der Waals surface area contributed by atoms with Crippen LogP contribution in [0.5, 0.6) is 0 Å². The first-order valence-corrected chi connectivity index (χ1v) is 9.32. The molecule has 3 heteroatoms. The van der Waals surface area contributed by atoms with Crippen LogP contribution in [0.4, 0.5) is 0 Å². The molecule has 0 heterocycles. The Morgan fingerprint density at radius 1 is 0.750 bits per heavy atom. The van der Waals surface area contributed by atoms with Crippen molar-refractivity contribution < 1.29 is 17.0 Å². The summed E-state index contributed by atoms with van der Waals surface area (Å²) in [5.41, 5.74) is 5.47. The smallest absolute Gasteiger partial charge is 1.00 e. The quantitative estimate of drug-likeness (QED) is 0.416. The first kappa shape index (κ1) is 24.9. The van der Waals surface area contributed by atoms with E-state index in [0.717, 1.165) is 19.6 Å². The summed E-state index contributed by atoms with van der Waals surface area (Å²) in [6, 6.07) is 31.4. The van der Waals surface area contributed by atoms with Gasteiger partial charge in [-0.3, -0.25) is 4.90 Å². The van der Waals surface area contributed by atoms with Gasteiger partial charge >= 0.3 is 23.1 Å². The molecule has 0 aliphatic heterocycles. The van der Waals surface area contributed by atoms with E-state index in [1.165, 1.54) is 22.3 Å². The van der Waals surface area contributed by atoms with Crippen molar-refractivity contribution in [3.63, 3.8) is 0 Å². The van der Waals surface area contributed by atoms with Crippen LogP contribution in [-0.4, -0.2) is 28.0 Å². The molecule has 0 N–H and O–H groups in total. The Bertz CT molecular complexity index is 771. The Hall–Kier alpha value is -1.13. The molecule has 0 aromatic heterocycles. The summed E-state index contributed by atoms with van der Waals surface area (Å²) in [5, 5.41) is 0. The van der Waals surface area contributed by atoms with Crippen LogP contribution in [0, 0.1) is 6.07 Å². The minimum Gasteiger partial charge on any atom is -1.00 e. The van der Waals surface area contributed by atoms with Crippen molar-refractivity contribution in [2.24, 2.45) is 0 Å². The molecule has 0 fully saturated rings. The molecule has 3 aromatic carbocycles. The van der Waals surface area contributed by atoms with Gasteiger partial charge in [0, 0.05) is 19.6 Å². The fourth-order valence-corrected chi connectivity index (χ4v) is 3.17. The molecule has 0 aliphatic rings. The van der Waals surface area contributed by atoms with Crippen LogP contribution in [-0.2, 0) is 25.0 Å². The molecule has 0 saturated heterocycles. The molecule has 0 unspecified atom stereocenters. The molecule has 1 nitrogen and oxygen atoms in total. The second-order valence-corrected chi connectivity index (χ2v) is 7.97. The maximum atomic E-state index is 3.44. The number of rotatable bonds is 6. The first-order chi connectivity index (χ1) is 12.5. The summed E-state index contributed by atoms with van der Waals surface area (Å²) in [4.78, 5) is 2.49. The van der Waals surface area contributed by atoms with E-state index in [1.807, 2.05) is 0 Å². The molecule has 142 valence electrons. The first-order valence-electron chi connectivity index (χ1n) is 9.32. The van der Waals surface area contributed by atoms with Gasteiger partial charge in [0.25, 0.3) is 0 Å². The molecule has 0 atom stereocenters. The summed E-state index contributed by atoms with van der Waals surface area (Å²) >= 11 is 0. The van der Waals surface area contributed by atoms with Crippen molar-refractivity contribution in [2.45, 2.75) is 45.8 Å². The summed E-state index contributed by atoms with van der Waals surface area (Å²) in [5.74, 6) is 0. The number of nitrogens with zero attached hydrogens (tertiary/aromatic N) is 1. The van der Waals surface area contributed by atoms with E-state index >= 15 is 0 Å². The molecule has 0 amide bonds. The van der Waals surface area contributed by atoms with Crippen LogP contribution in [0.25, 0.3) is 0 Å². The molecule has 0 spiro atoms. The van der Waals surface area contributed by atoms with Gasteiger partial charge in [-0.15, -0.1) is 5.56 Å². The van der Waals surface area contributed by atoms with Crippen LogP contribution in [0.1, 0.15) is 43.0 Å². The largest absolute Gasteiger partial charge is 2.00 e. The van der Waals surface area contributed by atoms with Gasteiger partial charge in [-0.05, 0) is 16.5 Å². The number of halogens is 1. The van der Waals surface area contributed by atoms with Crippen LogP contribution in [0.15, 0.2) is 78.9 Å². The Labute approximate surface area is 197 Å². The molecule has 0 bridgehead atoms. The summed E-state index contributed by atoms with van der Waals surface area (Å²) in [6.07, 6.45) is 0. The minimum absolute atomic E-state index is 0. The maximum absolute atomic E-state index is 3.44. The van der Waals surface area contributed by atoms with E-state index in [1.54, 1.807) is 0 Å². The molecule has 3 rings (SSSR count). The van der Waals surface area contributed by atoms with Crippen molar-refractivity contribution >= 4 is 23.1 Å². The summed E-state index contributed by atoms with van der Waals surface area (Å²) in [7, 11) is 0. The standard InChI is InChI=1S/C25H28N.BrH.Mg/c1-25(2,3)24-16-10-15-23(17-24)20-26(18-21-11-6-4-7-12-21)19-22-13-8-5-9-14-22;;/h4-14,16-17H,18-20H2,1-3H3;1H;/q-1;;+2/p-1. The third kappa shape index (κ3) is 7.71. The third-order valence-electron chi connectivity index (χ3n) is 4.62. The predicted molar refractivity (Wildman–Crippen MR) is 116 cm³/mol. The Morgan fingerprint density at radius 2 is 1.25 bits per heavy atom. The average molecular weight is 447 g/mol. The maximum Gasteiger partial charge on any atom is 2.00 e. The normalized spacial score (nSPS) is 10.9. The van der Waals surface area contributed by atoms with Crippen LogP contribution < -0.4 is 17.0 Å². The van der Waals surface area contributed by atoms with Gasteiger partial charge in [-0.25, -0.2) is 0 Å². The van der Waals surface area contributed by atoms with Crippen LogP contribution >= 0.6 is 0 Å². The molecule has 0 aliphatic carbocycles. The SMILES string of the molecule is CC(C)(C)c1cc[c-]c(CN(Cc2ccccc2)Cc2ccccc2)c1.[Br-].[Mg+2]. The third-order valence-corrected chi connectivity index (χ3v) is 4.62. The zero-order valence-corrected chi connectivity index (χ0v) is 20.2. The zero-order valence-electron chi connectivity index (χ0n) is 17.2. The molecule has 0 radical (unpaired) electrons. The van der Waals surface area contributed by atoms with Crippen molar-refractivity contribution in [3.05, 3.63) is 107 Å². The fourth-order valence-electron chi connectivity index (χ4n) is 3.17. The monoisotopic (exact) mass is 445 g/mol. The molecular formula is C25H28BrMgN. The van der Waals surface area contributed by atoms with Crippen molar-refractivity contribution in [1.82, 2.24) is 4.90 Å². The summed E-state index contributed by atoms with van der Waals surface area (Å²) < 4.78 is 0. The average Bonchev–Trinajstić information content (AvgIpc) is 2.63. The van der Waals surface area contributed by atoms with E-state index in [-0.39, 0.29) is 45.4 Å². The zero-order chi connectivity index (χ0) is 18.4. The number of benzene rings is 3. The van der Waals surface area contributed by atoms with Crippen molar-refractivity contribution in [2.75, 3.05) is 0 Å². The van der Waals surface area contributed by atoms with Gasteiger partial charge in [-0.2, -0.15) is 29.8 Å². The number of hydrogen-bond donors (Lipinski definition) is 0. The van der Waals surface area contributed by atoms with Gasteiger partial charge in [0.2, 0.25) is 0 Å². The second-order valence-electron chi connectivity index (χ2n) is 7.97. The van der Waals surface area contributed by atoms with E-state index in [2.05, 4.69) is 111 Å². The predicted octanol–water partition coefficient (Wildman–Crippen LogP) is 2.61. The Balaban J connectivity index is 0.00000196. The van der Waals surface area contributed by atoms with Crippen LogP contribution in [0.3, 0.4) is 0 Å². The Morgan fingerprint density at radius 3 is 1.71 bits per heavy atom. The van der Waals surface area contributed by atoms with Gasteiger partial charge in [0.05, 0.1) is 0 Å². The minimum atomic E-state index is 0. The fraction of sp³-hybridized carbons (Fsp3) is 0.280. The Kier molecular flexibility index (Phi) is 10.5. The summed E-state index contributed by atoms with van der Waals surface area (Å²) in [6.45, 7) is 9.55. The molecule has 28 heavy (non-hydrogen) atoms. The van der Waals surface area contributed by atoms with Gasteiger partial charge < -0.3 is 17.0 Å². The topological polar surface area (TPSA) is 3.24 Å². The van der Waals surface area contributed by atoms with Crippen LogP contribution in [0.2, 0.25) is 0 Å². The van der Waals surface area contributed by atoms with Gasteiger partial charge in [0.15, 0.2) is 0 Å². The second kappa shape index (κ2) is 11.8. The van der Waals surface area contributed by atoms with E-state index in [4.69, 9.17) is 0 Å².